The smallest absolute Gasteiger partial charge is 0.442 e. The molecule has 0 saturated carbocycles. The summed E-state index contributed by atoms with van der Waals surface area (Å²) in [5, 5.41) is 20.8. The molecule has 1 heterocycles. The van der Waals surface area contributed by atoms with Crippen LogP contribution in [0.2, 0.25) is 0 Å². The minimum Gasteiger partial charge on any atom is -0.442 e. The SMILES string of the molecule is CCCN(CCC)c1ccc(N2C[C@H](CNC(=O)Cc3ccc(B(O)O)c(F)c3)OC2=O)cc1F. The van der Waals surface area contributed by atoms with Crippen molar-refractivity contribution < 1.29 is 33.2 Å². The van der Waals surface area contributed by atoms with Crippen molar-refractivity contribution in [3.8, 4) is 0 Å². The summed E-state index contributed by atoms with van der Waals surface area (Å²) in [7, 11) is -1.94. The molecule has 2 amide bonds. The van der Waals surface area contributed by atoms with E-state index in [1.54, 1.807) is 12.1 Å². The minimum atomic E-state index is -1.94. The quantitative estimate of drug-likeness (QED) is 0.418. The monoisotopic (exact) mass is 489 g/mol. The number of ether oxygens (including phenoxy) is 1. The molecule has 0 spiro atoms. The number of anilines is 2. The van der Waals surface area contributed by atoms with Gasteiger partial charge in [0.1, 0.15) is 17.7 Å². The molecule has 1 aliphatic heterocycles. The zero-order chi connectivity index (χ0) is 25.5. The van der Waals surface area contributed by atoms with Gasteiger partial charge in [-0.1, -0.05) is 26.0 Å². The van der Waals surface area contributed by atoms with Crippen molar-refractivity contribution in [2.24, 2.45) is 0 Å². The normalized spacial score (nSPS) is 15.2. The molecule has 0 radical (unpaired) electrons. The summed E-state index contributed by atoms with van der Waals surface area (Å²) in [5.41, 5.74) is 0.941. The largest absolute Gasteiger partial charge is 0.491 e. The van der Waals surface area contributed by atoms with Crippen LogP contribution in [0.1, 0.15) is 32.3 Å². The Bertz CT molecular complexity index is 1050. The fourth-order valence-electron chi connectivity index (χ4n) is 4.02. The standard InChI is InChI=1S/C24H30BF2N3O5/c1-3-9-29(10-4-2)22-8-6-17(13-21(22)27)30-15-18(35-24(30)32)14-28-23(31)12-16-5-7-19(25(33)34)20(26)11-16/h5-8,11,13,18,33-34H,3-4,9-10,12,14-15H2,1-2H3,(H,28,31)/t18-/m0/s1. The molecular weight excluding hydrogens is 459 g/mol. The first-order valence-electron chi connectivity index (χ1n) is 11.7. The molecule has 0 bridgehead atoms. The summed E-state index contributed by atoms with van der Waals surface area (Å²) >= 11 is 0. The Morgan fingerprint density at radius 2 is 1.86 bits per heavy atom. The van der Waals surface area contributed by atoms with Crippen LogP contribution in [0.4, 0.5) is 25.0 Å². The summed E-state index contributed by atoms with van der Waals surface area (Å²) in [6.07, 6.45) is 0.380. The fourth-order valence-corrected chi connectivity index (χ4v) is 4.02. The Balaban J connectivity index is 1.56. The van der Waals surface area contributed by atoms with Crippen LogP contribution in [0.5, 0.6) is 0 Å². The second-order valence-corrected chi connectivity index (χ2v) is 8.45. The number of halogens is 2. The van der Waals surface area contributed by atoms with Gasteiger partial charge in [-0.05, 0) is 42.7 Å². The summed E-state index contributed by atoms with van der Waals surface area (Å²) in [5.74, 6) is -1.66. The van der Waals surface area contributed by atoms with Crippen molar-refractivity contribution in [3.05, 3.63) is 53.6 Å². The maximum Gasteiger partial charge on any atom is 0.491 e. The van der Waals surface area contributed by atoms with E-state index < -0.39 is 36.9 Å². The van der Waals surface area contributed by atoms with Crippen LogP contribution in [0.15, 0.2) is 36.4 Å². The molecule has 1 atom stereocenters. The van der Waals surface area contributed by atoms with Gasteiger partial charge >= 0.3 is 13.2 Å². The van der Waals surface area contributed by atoms with Gasteiger partial charge in [0.15, 0.2) is 0 Å². The number of hydrogen-bond donors (Lipinski definition) is 3. The lowest BCUT2D eigenvalue weighted by Crippen LogP contribution is -2.36. The zero-order valence-electron chi connectivity index (χ0n) is 19.8. The molecule has 11 heteroatoms. The van der Waals surface area contributed by atoms with E-state index in [-0.39, 0.29) is 25.0 Å². The number of nitrogens with zero attached hydrogens (tertiary/aromatic N) is 2. The summed E-state index contributed by atoms with van der Waals surface area (Å²) in [6.45, 7) is 5.71. The molecule has 2 aromatic carbocycles. The van der Waals surface area contributed by atoms with Crippen molar-refractivity contribution in [2.45, 2.75) is 39.2 Å². The number of hydrogen-bond acceptors (Lipinski definition) is 6. The van der Waals surface area contributed by atoms with E-state index in [4.69, 9.17) is 14.8 Å². The van der Waals surface area contributed by atoms with Gasteiger partial charge in [0.2, 0.25) is 5.91 Å². The minimum absolute atomic E-state index is 0.0400. The lowest BCUT2D eigenvalue weighted by Gasteiger charge is -2.25. The summed E-state index contributed by atoms with van der Waals surface area (Å²) in [6, 6.07) is 8.35. The van der Waals surface area contributed by atoms with E-state index in [1.807, 2.05) is 18.7 Å². The molecule has 0 aliphatic carbocycles. The van der Waals surface area contributed by atoms with E-state index in [9.17, 15) is 18.4 Å². The second-order valence-electron chi connectivity index (χ2n) is 8.45. The third-order valence-corrected chi connectivity index (χ3v) is 5.68. The first kappa shape index (κ1) is 26.4. The zero-order valence-corrected chi connectivity index (χ0v) is 19.8. The molecule has 1 aliphatic rings. The van der Waals surface area contributed by atoms with Crippen LogP contribution in [-0.4, -0.2) is 61.4 Å². The number of nitrogens with one attached hydrogen (secondary N) is 1. The number of rotatable bonds is 11. The van der Waals surface area contributed by atoms with Crippen LogP contribution < -0.4 is 20.6 Å². The highest BCUT2D eigenvalue weighted by Gasteiger charge is 2.33. The summed E-state index contributed by atoms with van der Waals surface area (Å²) in [4.78, 5) is 27.9. The molecule has 8 nitrogen and oxygen atoms in total. The van der Waals surface area contributed by atoms with Gasteiger partial charge in [-0.15, -0.1) is 0 Å². The van der Waals surface area contributed by atoms with Crippen molar-refractivity contribution >= 4 is 36.0 Å². The predicted molar refractivity (Wildman–Crippen MR) is 130 cm³/mol. The highest BCUT2D eigenvalue weighted by atomic mass is 19.1. The number of carbonyl (C=O) groups excluding carboxylic acids is 2. The van der Waals surface area contributed by atoms with Crippen molar-refractivity contribution in [2.75, 3.05) is 36.0 Å². The van der Waals surface area contributed by atoms with Gasteiger partial charge in [-0.3, -0.25) is 9.69 Å². The van der Waals surface area contributed by atoms with Crippen LogP contribution in [0.3, 0.4) is 0 Å². The lowest BCUT2D eigenvalue weighted by atomic mass is 9.79. The Morgan fingerprint density at radius 1 is 1.14 bits per heavy atom. The van der Waals surface area contributed by atoms with Crippen LogP contribution in [0.25, 0.3) is 0 Å². The van der Waals surface area contributed by atoms with Gasteiger partial charge in [0.05, 0.1) is 30.9 Å². The van der Waals surface area contributed by atoms with E-state index in [0.29, 0.717) is 16.9 Å². The Morgan fingerprint density at radius 3 is 2.46 bits per heavy atom. The van der Waals surface area contributed by atoms with E-state index in [1.165, 1.54) is 23.1 Å². The average Bonchev–Trinajstić information content (AvgIpc) is 3.18. The molecule has 35 heavy (non-hydrogen) atoms. The topological polar surface area (TPSA) is 102 Å². The molecule has 3 rings (SSSR count). The Hall–Kier alpha value is -3.18. The number of benzene rings is 2. The first-order chi connectivity index (χ1) is 16.7. The van der Waals surface area contributed by atoms with Crippen molar-refractivity contribution in [3.63, 3.8) is 0 Å². The number of carbonyl (C=O) groups is 2. The first-order valence-corrected chi connectivity index (χ1v) is 11.7. The molecule has 1 saturated heterocycles. The average molecular weight is 489 g/mol. The second kappa shape index (κ2) is 12.0. The molecule has 2 aromatic rings. The highest BCUT2D eigenvalue weighted by Crippen LogP contribution is 2.28. The molecule has 0 unspecified atom stereocenters. The van der Waals surface area contributed by atoms with Gasteiger partial charge < -0.3 is 25.0 Å². The van der Waals surface area contributed by atoms with Gasteiger partial charge in [-0.25, -0.2) is 13.6 Å². The number of cyclic esters (lactones) is 1. The molecule has 188 valence electrons. The van der Waals surface area contributed by atoms with E-state index in [2.05, 4.69) is 5.32 Å². The fraction of sp³-hybridized carbons (Fsp3) is 0.417. The Kier molecular flexibility index (Phi) is 9.05. The van der Waals surface area contributed by atoms with Crippen molar-refractivity contribution in [1.29, 1.82) is 0 Å². The lowest BCUT2D eigenvalue weighted by molar-refractivity contribution is -0.120. The third kappa shape index (κ3) is 6.70. The maximum atomic E-state index is 14.9. The molecule has 1 fully saturated rings. The van der Waals surface area contributed by atoms with Crippen LogP contribution in [0, 0.1) is 11.6 Å². The maximum absolute atomic E-state index is 14.9. The van der Waals surface area contributed by atoms with E-state index >= 15 is 0 Å². The third-order valence-electron chi connectivity index (χ3n) is 5.68. The van der Waals surface area contributed by atoms with Gasteiger partial charge in [-0.2, -0.15) is 0 Å². The van der Waals surface area contributed by atoms with Crippen LogP contribution >= 0.6 is 0 Å². The Labute approximate surface area is 203 Å². The molecule has 0 aromatic heterocycles. The highest BCUT2D eigenvalue weighted by molar-refractivity contribution is 6.58. The van der Waals surface area contributed by atoms with Gasteiger partial charge in [0, 0.05) is 18.6 Å². The summed E-state index contributed by atoms with van der Waals surface area (Å²) < 4.78 is 34.0. The number of amides is 2. The van der Waals surface area contributed by atoms with Crippen LogP contribution in [-0.2, 0) is 16.0 Å². The van der Waals surface area contributed by atoms with Crippen molar-refractivity contribution in [1.82, 2.24) is 5.32 Å². The molecular formula is C24H30BF2N3O5. The van der Waals surface area contributed by atoms with Gasteiger partial charge in [0.25, 0.3) is 0 Å². The predicted octanol–water partition coefficient (Wildman–Crippen LogP) is 1.96. The van der Waals surface area contributed by atoms with E-state index in [0.717, 1.165) is 32.0 Å². The molecule has 3 N–H and O–H groups in total.